The van der Waals surface area contributed by atoms with Crippen LogP contribution in [-0.4, -0.2) is 49.8 Å². The molecule has 3 N–H and O–H groups in total. The number of aryl methyl sites for hydroxylation is 1. The Bertz CT molecular complexity index is 1290. The minimum absolute atomic E-state index is 0.0104. The zero-order valence-electron chi connectivity index (χ0n) is 18.0. The summed E-state index contributed by atoms with van der Waals surface area (Å²) in [4.78, 5) is 23.5. The highest BCUT2D eigenvalue weighted by molar-refractivity contribution is 5.92. The third-order valence-corrected chi connectivity index (χ3v) is 5.55. The van der Waals surface area contributed by atoms with Gasteiger partial charge in [0.2, 0.25) is 0 Å². The third kappa shape index (κ3) is 4.41. The van der Waals surface area contributed by atoms with Crippen LogP contribution >= 0.6 is 0 Å². The van der Waals surface area contributed by atoms with E-state index in [-0.39, 0.29) is 17.6 Å². The molecular weight excluding hydrogens is 422 g/mol. The minimum atomic E-state index is -0.249. The number of nitrogens with one attached hydrogen (secondary N) is 2. The van der Waals surface area contributed by atoms with Crippen LogP contribution in [-0.2, 0) is 0 Å². The van der Waals surface area contributed by atoms with Gasteiger partial charge in [0.1, 0.15) is 23.0 Å². The van der Waals surface area contributed by atoms with Gasteiger partial charge in [0.25, 0.3) is 5.91 Å². The van der Waals surface area contributed by atoms with Crippen LogP contribution in [0.4, 0.5) is 11.5 Å². The Morgan fingerprint density at radius 3 is 2.79 bits per heavy atom. The number of aromatic nitrogens is 4. The van der Waals surface area contributed by atoms with Gasteiger partial charge in [-0.3, -0.25) is 20.5 Å². The second-order valence-electron chi connectivity index (χ2n) is 7.88. The van der Waals surface area contributed by atoms with E-state index in [0.717, 1.165) is 30.1 Å². The Labute approximate surface area is 189 Å². The van der Waals surface area contributed by atoms with Gasteiger partial charge < -0.3 is 15.0 Å². The molecule has 1 fully saturated rings. The lowest BCUT2D eigenvalue weighted by Crippen LogP contribution is -2.37. The maximum atomic E-state index is 12.8. The van der Waals surface area contributed by atoms with Crippen LogP contribution in [0.1, 0.15) is 22.6 Å². The standard InChI is InChI=1S/C23H23N7O3/c1-15-13-25-21-6-7-22(27-30(15)21)29-11-9-17(14-29)26-23(31)20-12-19(8-10-24-20)33-18-4-2-16(28-32)3-5-18/h2-8,10,12-13,17,28,32H,9,11,14H2,1H3,(H,26,31)/t17-/m0/s1. The van der Waals surface area contributed by atoms with E-state index in [9.17, 15) is 4.79 Å². The van der Waals surface area contributed by atoms with Crippen molar-refractivity contribution in [1.29, 1.82) is 0 Å². The molecule has 0 bridgehead atoms. The van der Waals surface area contributed by atoms with Gasteiger partial charge in [-0.1, -0.05) is 0 Å². The lowest BCUT2D eigenvalue weighted by Gasteiger charge is -2.18. The van der Waals surface area contributed by atoms with Gasteiger partial charge in [0.15, 0.2) is 5.65 Å². The first kappa shape index (κ1) is 20.7. The van der Waals surface area contributed by atoms with Gasteiger partial charge in [-0.25, -0.2) is 9.50 Å². The summed E-state index contributed by atoms with van der Waals surface area (Å²) < 4.78 is 7.62. The Kier molecular flexibility index (Phi) is 5.49. The van der Waals surface area contributed by atoms with Crippen LogP contribution in [0.2, 0.25) is 0 Å². The number of hydrogen-bond acceptors (Lipinski definition) is 8. The van der Waals surface area contributed by atoms with Crippen LogP contribution in [0.3, 0.4) is 0 Å². The molecule has 5 rings (SSSR count). The van der Waals surface area contributed by atoms with Gasteiger partial charge in [0, 0.05) is 31.4 Å². The molecule has 0 radical (unpaired) electrons. The van der Waals surface area contributed by atoms with Crippen LogP contribution in [0.5, 0.6) is 11.5 Å². The fourth-order valence-corrected chi connectivity index (χ4v) is 3.82. The molecule has 1 amide bonds. The zero-order valence-corrected chi connectivity index (χ0v) is 18.0. The molecule has 1 atom stereocenters. The van der Waals surface area contributed by atoms with E-state index in [4.69, 9.17) is 9.94 Å². The number of pyridine rings is 1. The SMILES string of the molecule is Cc1cnc2ccc(N3CC[C@H](NC(=O)c4cc(Oc5ccc(NO)cc5)ccn4)C3)nn12. The smallest absolute Gasteiger partial charge is 0.270 e. The second-order valence-corrected chi connectivity index (χ2v) is 7.88. The Balaban J connectivity index is 1.22. The summed E-state index contributed by atoms with van der Waals surface area (Å²) >= 11 is 0. The lowest BCUT2D eigenvalue weighted by atomic mass is 10.2. The minimum Gasteiger partial charge on any atom is -0.457 e. The molecule has 4 aromatic rings. The summed E-state index contributed by atoms with van der Waals surface area (Å²) in [6.45, 7) is 3.43. The van der Waals surface area contributed by atoms with Crippen molar-refractivity contribution < 1.29 is 14.7 Å². The van der Waals surface area contributed by atoms with Crippen molar-refractivity contribution in [2.45, 2.75) is 19.4 Å². The fourth-order valence-electron chi connectivity index (χ4n) is 3.82. The van der Waals surface area contributed by atoms with Crippen molar-refractivity contribution in [2.75, 3.05) is 23.5 Å². The van der Waals surface area contributed by atoms with E-state index in [0.29, 0.717) is 23.7 Å². The number of benzene rings is 1. The van der Waals surface area contributed by atoms with E-state index in [1.165, 1.54) is 0 Å². The molecular formula is C23H23N7O3. The van der Waals surface area contributed by atoms with Crippen molar-refractivity contribution in [1.82, 2.24) is 24.9 Å². The number of amides is 1. The molecule has 1 aliphatic rings. The van der Waals surface area contributed by atoms with Crippen LogP contribution < -0.4 is 20.4 Å². The highest BCUT2D eigenvalue weighted by Gasteiger charge is 2.26. The average molecular weight is 445 g/mol. The van der Waals surface area contributed by atoms with Gasteiger partial charge >= 0.3 is 0 Å². The third-order valence-electron chi connectivity index (χ3n) is 5.55. The topological polar surface area (TPSA) is 117 Å². The van der Waals surface area contributed by atoms with Gasteiger partial charge in [0.05, 0.1) is 17.6 Å². The van der Waals surface area contributed by atoms with E-state index in [2.05, 4.69) is 30.8 Å². The normalized spacial score (nSPS) is 15.6. The number of carbonyl (C=O) groups excluding carboxylic acids is 1. The first-order valence-electron chi connectivity index (χ1n) is 10.6. The molecule has 10 nitrogen and oxygen atoms in total. The highest BCUT2D eigenvalue weighted by atomic mass is 16.5. The Morgan fingerprint density at radius 1 is 1.12 bits per heavy atom. The number of imidazole rings is 1. The van der Waals surface area contributed by atoms with Crippen LogP contribution in [0, 0.1) is 6.92 Å². The van der Waals surface area contributed by atoms with Crippen molar-refractivity contribution in [2.24, 2.45) is 0 Å². The molecule has 0 saturated carbocycles. The fraction of sp³-hybridized carbons (Fsp3) is 0.217. The van der Waals surface area contributed by atoms with Crippen molar-refractivity contribution >= 4 is 23.1 Å². The second kappa shape index (κ2) is 8.75. The molecule has 1 aromatic carbocycles. The molecule has 1 aliphatic heterocycles. The molecule has 0 spiro atoms. The van der Waals surface area contributed by atoms with Crippen molar-refractivity contribution in [3.8, 4) is 11.5 Å². The number of carbonyl (C=O) groups is 1. The first-order chi connectivity index (χ1) is 16.1. The summed E-state index contributed by atoms with van der Waals surface area (Å²) in [5, 5.41) is 16.6. The summed E-state index contributed by atoms with van der Waals surface area (Å²) in [6, 6.07) is 14.0. The molecule has 1 saturated heterocycles. The Hall–Kier alpha value is -4.18. The number of hydrogen-bond donors (Lipinski definition) is 3. The molecule has 0 aliphatic carbocycles. The van der Waals surface area contributed by atoms with Gasteiger partial charge in [-0.15, -0.1) is 5.10 Å². The predicted octanol–water partition coefficient (Wildman–Crippen LogP) is 3.03. The van der Waals surface area contributed by atoms with Crippen molar-refractivity contribution in [3.63, 3.8) is 0 Å². The van der Waals surface area contributed by atoms with Crippen LogP contribution in [0.15, 0.2) is 60.9 Å². The molecule has 168 valence electrons. The van der Waals surface area contributed by atoms with Crippen LogP contribution in [0.25, 0.3) is 5.65 Å². The number of rotatable bonds is 6. The largest absolute Gasteiger partial charge is 0.457 e. The van der Waals surface area contributed by atoms with E-state index >= 15 is 0 Å². The lowest BCUT2D eigenvalue weighted by molar-refractivity contribution is 0.0935. The predicted molar refractivity (Wildman–Crippen MR) is 122 cm³/mol. The maximum absolute atomic E-state index is 12.8. The van der Waals surface area contributed by atoms with Gasteiger partial charge in [-0.05, 0) is 55.8 Å². The first-order valence-corrected chi connectivity index (χ1v) is 10.6. The van der Waals surface area contributed by atoms with Gasteiger partial charge in [-0.2, -0.15) is 0 Å². The number of ether oxygens (including phenoxy) is 1. The number of nitrogens with zero attached hydrogens (tertiary/aromatic N) is 5. The number of fused-ring (bicyclic) bond motifs is 1. The molecule has 3 aromatic heterocycles. The summed E-state index contributed by atoms with van der Waals surface area (Å²) in [5.41, 5.74) is 4.70. The summed E-state index contributed by atoms with van der Waals surface area (Å²) in [5.74, 6) is 1.69. The quantitative estimate of drug-likeness (QED) is 0.388. The van der Waals surface area contributed by atoms with Crippen molar-refractivity contribution in [3.05, 3.63) is 72.3 Å². The van der Waals surface area contributed by atoms with E-state index in [1.807, 2.05) is 23.6 Å². The Morgan fingerprint density at radius 2 is 1.97 bits per heavy atom. The molecule has 4 heterocycles. The zero-order chi connectivity index (χ0) is 22.8. The van der Waals surface area contributed by atoms with E-state index < -0.39 is 0 Å². The van der Waals surface area contributed by atoms with E-state index in [1.54, 1.807) is 48.8 Å². The number of anilines is 2. The summed E-state index contributed by atoms with van der Waals surface area (Å²) in [7, 11) is 0. The monoisotopic (exact) mass is 445 g/mol. The highest BCUT2D eigenvalue weighted by Crippen LogP contribution is 2.24. The summed E-state index contributed by atoms with van der Waals surface area (Å²) in [6.07, 6.45) is 4.16. The molecule has 0 unspecified atom stereocenters. The average Bonchev–Trinajstić information content (AvgIpc) is 3.46. The maximum Gasteiger partial charge on any atom is 0.270 e. The molecule has 33 heavy (non-hydrogen) atoms. The molecule has 10 heteroatoms.